The van der Waals surface area contributed by atoms with E-state index in [2.05, 4.69) is 9.89 Å². The van der Waals surface area contributed by atoms with Crippen LogP contribution in [-0.4, -0.2) is 36.6 Å². The topological polar surface area (TPSA) is 77.4 Å². The molecule has 1 N–H and O–H groups in total. The zero-order valence-electron chi connectivity index (χ0n) is 15.8. The van der Waals surface area contributed by atoms with Crippen LogP contribution < -0.4 is 4.74 Å². The maximum absolute atomic E-state index is 12.5. The number of hydrogen-bond acceptors (Lipinski definition) is 6. The molecule has 1 atom stereocenters. The lowest BCUT2D eigenvalue weighted by molar-refractivity contribution is -0.151. The third-order valence-electron chi connectivity index (χ3n) is 3.87. The summed E-state index contributed by atoms with van der Waals surface area (Å²) in [5, 5.41) is 13.4. The highest BCUT2D eigenvalue weighted by Gasteiger charge is 2.29. The van der Waals surface area contributed by atoms with E-state index in [0.29, 0.717) is 17.0 Å². The molecule has 0 aliphatic carbocycles. The van der Waals surface area contributed by atoms with Crippen LogP contribution in [0, 0.1) is 0 Å². The molecule has 0 saturated carbocycles. The number of carbonyl (C=O) groups is 1. The van der Waals surface area contributed by atoms with E-state index in [-0.39, 0.29) is 13.2 Å². The molecule has 2 rings (SSSR count). The lowest BCUT2D eigenvalue weighted by Crippen LogP contribution is -2.28. The van der Waals surface area contributed by atoms with Gasteiger partial charge in [-0.05, 0) is 54.4 Å². The second kappa shape index (κ2) is 9.92. The lowest BCUT2D eigenvalue weighted by Gasteiger charge is -2.11. The number of aliphatic hydroxyl groups is 1. The average Bonchev–Trinajstić information content (AvgIpc) is 2.71. The highest BCUT2D eigenvalue weighted by molar-refractivity contribution is 5.98. The second-order valence-electron chi connectivity index (χ2n) is 6.02. The first-order valence-electron chi connectivity index (χ1n) is 8.52. The van der Waals surface area contributed by atoms with Gasteiger partial charge in [-0.2, -0.15) is 13.2 Å². The summed E-state index contributed by atoms with van der Waals surface area (Å²) in [5.41, 5.74) is 1.13. The molecule has 1 unspecified atom stereocenters. The molecule has 0 amide bonds. The fraction of sp³-hybridized carbons (Fsp3) is 0.300. The molecule has 29 heavy (non-hydrogen) atoms. The quantitative estimate of drug-likeness (QED) is 0.408. The number of ether oxygens (including phenoxy) is 2. The Balaban J connectivity index is 1.87. The molecule has 6 nitrogen and oxygen atoms in total. The van der Waals surface area contributed by atoms with E-state index in [1.807, 2.05) is 0 Å². The number of carbonyl (C=O) groups excluding carboxylic acids is 1. The van der Waals surface area contributed by atoms with Crippen LogP contribution in [0.25, 0.3) is 0 Å². The molecule has 2 aromatic rings. The number of oxime groups is 1. The molecule has 0 saturated heterocycles. The summed E-state index contributed by atoms with van der Waals surface area (Å²) >= 11 is 0. The SMILES string of the molecule is COC(=O)C(O)COc1ccc(C(C)=NOCc2ccc(C(F)(F)F)cc2)cc1. The molecule has 9 heteroatoms. The fourth-order valence-electron chi connectivity index (χ4n) is 2.22. The van der Waals surface area contributed by atoms with Crippen molar-refractivity contribution in [1.82, 2.24) is 0 Å². The van der Waals surface area contributed by atoms with Gasteiger partial charge in [0, 0.05) is 0 Å². The first kappa shape index (κ1) is 22.2. The van der Waals surface area contributed by atoms with Gasteiger partial charge in [0.15, 0.2) is 6.10 Å². The van der Waals surface area contributed by atoms with Crippen molar-refractivity contribution in [2.24, 2.45) is 5.16 Å². The minimum Gasteiger partial charge on any atom is -0.490 e. The van der Waals surface area contributed by atoms with Crippen molar-refractivity contribution in [2.45, 2.75) is 25.8 Å². The standard InChI is InChI=1S/C20H20F3NO5/c1-13(24-29-11-14-3-7-16(8-4-14)20(21,22)23)15-5-9-17(10-6-15)28-12-18(25)19(26)27-2/h3-10,18,25H,11-12H2,1-2H3. The summed E-state index contributed by atoms with van der Waals surface area (Å²) in [5.74, 6) is -0.343. The van der Waals surface area contributed by atoms with Crippen LogP contribution in [0.1, 0.15) is 23.6 Å². The van der Waals surface area contributed by atoms with E-state index in [1.54, 1.807) is 31.2 Å². The third kappa shape index (κ3) is 6.79. The van der Waals surface area contributed by atoms with Crippen LogP contribution in [-0.2, 0) is 27.2 Å². The lowest BCUT2D eigenvalue weighted by atomic mass is 10.1. The summed E-state index contributed by atoms with van der Waals surface area (Å²) in [6, 6.07) is 11.3. The van der Waals surface area contributed by atoms with Crippen LogP contribution in [0.2, 0.25) is 0 Å². The Labute approximate surface area is 165 Å². The number of benzene rings is 2. The molecule has 2 aromatic carbocycles. The Hall–Kier alpha value is -3.07. The second-order valence-corrected chi connectivity index (χ2v) is 6.02. The van der Waals surface area contributed by atoms with Crippen molar-refractivity contribution in [1.29, 1.82) is 0 Å². The monoisotopic (exact) mass is 411 g/mol. The van der Waals surface area contributed by atoms with Crippen molar-refractivity contribution < 1.29 is 37.4 Å². The summed E-state index contributed by atoms with van der Waals surface area (Å²) < 4.78 is 47.3. The number of halogens is 3. The van der Waals surface area contributed by atoms with Crippen LogP contribution >= 0.6 is 0 Å². The van der Waals surface area contributed by atoms with Crippen LogP contribution in [0.4, 0.5) is 13.2 Å². The van der Waals surface area contributed by atoms with Crippen LogP contribution in [0.3, 0.4) is 0 Å². The van der Waals surface area contributed by atoms with Crippen molar-refractivity contribution >= 4 is 11.7 Å². The highest BCUT2D eigenvalue weighted by atomic mass is 19.4. The molecule has 0 bridgehead atoms. The summed E-state index contributed by atoms with van der Waals surface area (Å²) in [6.45, 7) is 1.50. The highest BCUT2D eigenvalue weighted by Crippen LogP contribution is 2.29. The molecular formula is C20H20F3NO5. The van der Waals surface area contributed by atoms with Gasteiger partial charge in [0.1, 0.15) is 19.0 Å². The zero-order valence-corrected chi connectivity index (χ0v) is 15.8. The van der Waals surface area contributed by atoms with Gasteiger partial charge in [-0.15, -0.1) is 0 Å². The van der Waals surface area contributed by atoms with Gasteiger partial charge in [-0.1, -0.05) is 17.3 Å². The first-order chi connectivity index (χ1) is 13.7. The van der Waals surface area contributed by atoms with Gasteiger partial charge in [0.05, 0.1) is 18.4 Å². The first-order valence-corrected chi connectivity index (χ1v) is 8.52. The van der Waals surface area contributed by atoms with Crippen molar-refractivity contribution in [3.63, 3.8) is 0 Å². The van der Waals surface area contributed by atoms with Gasteiger partial charge >= 0.3 is 12.1 Å². The van der Waals surface area contributed by atoms with Gasteiger partial charge in [-0.25, -0.2) is 4.79 Å². The molecule has 0 aliphatic heterocycles. The van der Waals surface area contributed by atoms with Crippen LogP contribution in [0.5, 0.6) is 5.75 Å². The van der Waals surface area contributed by atoms with E-state index in [0.717, 1.165) is 17.7 Å². The molecule has 0 aliphatic rings. The van der Waals surface area contributed by atoms with E-state index in [1.165, 1.54) is 19.2 Å². The van der Waals surface area contributed by atoms with Gasteiger partial charge < -0.3 is 19.4 Å². The largest absolute Gasteiger partial charge is 0.490 e. The fourth-order valence-corrected chi connectivity index (χ4v) is 2.22. The Morgan fingerprint density at radius 1 is 1.10 bits per heavy atom. The molecule has 0 fully saturated rings. The molecule has 0 radical (unpaired) electrons. The van der Waals surface area contributed by atoms with Crippen molar-refractivity contribution in [3.05, 3.63) is 65.2 Å². The number of nitrogens with zero attached hydrogens (tertiary/aromatic N) is 1. The predicted molar refractivity (Wildman–Crippen MR) is 98.4 cm³/mol. The number of hydrogen-bond donors (Lipinski definition) is 1. The van der Waals surface area contributed by atoms with E-state index in [9.17, 15) is 23.1 Å². The average molecular weight is 411 g/mol. The number of esters is 1. The van der Waals surface area contributed by atoms with E-state index < -0.39 is 23.8 Å². The van der Waals surface area contributed by atoms with E-state index in [4.69, 9.17) is 9.57 Å². The normalized spacial score (nSPS) is 13.0. The smallest absolute Gasteiger partial charge is 0.416 e. The summed E-state index contributed by atoms with van der Waals surface area (Å²) in [6.07, 6.45) is -5.75. The van der Waals surface area contributed by atoms with Gasteiger partial charge in [-0.3, -0.25) is 0 Å². The predicted octanol–water partition coefficient (Wildman–Crippen LogP) is 3.56. The molecule has 0 aromatic heterocycles. The third-order valence-corrected chi connectivity index (χ3v) is 3.87. The maximum atomic E-state index is 12.5. The molecule has 0 heterocycles. The number of rotatable bonds is 8. The molecule has 0 spiro atoms. The van der Waals surface area contributed by atoms with Crippen molar-refractivity contribution in [3.8, 4) is 5.75 Å². The minimum absolute atomic E-state index is 0.0298. The Bertz CT molecular complexity index is 833. The van der Waals surface area contributed by atoms with Gasteiger partial charge in [0.2, 0.25) is 0 Å². The maximum Gasteiger partial charge on any atom is 0.416 e. The number of aliphatic hydroxyl groups excluding tert-OH is 1. The Morgan fingerprint density at radius 2 is 1.72 bits per heavy atom. The Kier molecular flexibility index (Phi) is 7.60. The Morgan fingerprint density at radius 3 is 2.28 bits per heavy atom. The molecule has 156 valence electrons. The van der Waals surface area contributed by atoms with Crippen LogP contribution in [0.15, 0.2) is 53.7 Å². The number of alkyl halides is 3. The van der Waals surface area contributed by atoms with Gasteiger partial charge in [0.25, 0.3) is 0 Å². The zero-order chi connectivity index (χ0) is 21.4. The van der Waals surface area contributed by atoms with E-state index >= 15 is 0 Å². The summed E-state index contributed by atoms with van der Waals surface area (Å²) in [7, 11) is 1.17. The van der Waals surface area contributed by atoms with Crippen molar-refractivity contribution in [2.75, 3.05) is 13.7 Å². The number of methoxy groups -OCH3 is 1. The summed E-state index contributed by atoms with van der Waals surface area (Å²) in [4.78, 5) is 16.3. The molecular weight excluding hydrogens is 391 g/mol. The minimum atomic E-state index is -4.37.